The number of nitrogens with zero attached hydrogens (tertiary/aromatic N) is 1. The van der Waals surface area contributed by atoms with Gasteiger partial charge in [-0.1, -0.05) is 64.7 Å². The van der Waals surface area contributed by atoms with E-state index in [9.17, 15) is 10.4 Å². The zero-order valence-corrected chi connectivity index (χ0v) is 14.7. The van der Waals surface area contributed by atoms with Gasteiger partial charge in [-0.05, 0) is 18.2 Å². The summed E-state index contributed by atoms with van der Waals surface area (Å²) in [6.45, 7) is 4.14. The van der Waals surface area contributed by atoms with Gasteiger partial charge in [0.2, 0.25) is 0 Å². The summed E-state index contributed by atoms with van der Waals surface area (Å²) in [6.07, 6.45) is 14.1. The third-order valence-corrected chi connectivity index (χ3v) is 3.81. The van der Waals surface area contributed by atoms with Crippen LogP contribution in [0.5, 0.6) is 0 Å². The van der Waals surface area contributed by atoms with Crippen molar-refractivity contribution in [2.45, 2.75) is 90.5 Å². The molecular weight excluding hydrogens is 306 g/mol. The third-order valence-electron chi connectivity index (χ3n) is 3.81. The molecule has 0 aromatic heterocycles. The van der Waals surface area contributed by atoms with Gasteiger partial charge >= 0.3 is 0 Å². The molecule has 2 N–H and O–H groups in total. The topological polar surface area (TPSA) is 40.5 Å². The van der Waals surface area contributed by atoms with Crippen molar-refractivity contribution in [3.05, 3.63) is 0 Å². The summed E-state index contributed by atoms with van der Waals surface area (Å²) in [5, 5.41) is 18.6. The summed E-state index contributed by atoms with van der Waals surface area (Å²) < 4.78 is 0. The predicted molar refractivity (Wildman–Crippen MR) is 75.7 cm³/mol. The van der Waals surface area contributed by atoms with E-state index in [1.807, 2.05) is 6.92 Å². The van der Waals surface area contributed by atoms with Crippen molar-refractivity contribution >= 4 is 0 Å². The molecule has 1 atom stereocenters. The predicted octanol–water partition coefficient (Wildman–Crippen LogP) is 1.91. The second kappa shape index (κ2) is 13.3. The Morgan fingerprint density at radius 3 is 1.53 bits per heavy atom. The molecule has 0 aliphatic rings. The maximum Gasteiger partial charge on any atom is 0.149 e. The first kappa shape index (κ1) is 21.7. The van der Waals surface area contributed by atoms with Crippen molar-refractivity contribution in [3.63, 3.8) is 0 Å². The van der Waals surface area contributed by atoms with E-state index in [1.165, 1.54) is 64.8 Å². The Morgan fingerprint density at radius 2 is 1.16 bits per heavy atom. The number of hydrogen-bond donors (Lipinski definition) is 2. The number of hydroxylamine groups is 4. The van der Waals surface area contributed by atoms with Crippen LogP contribution in [0.1, 0.15) is 84.5 Å². The fraction of sp³-hybridized carbons (Fsp3) is 1.00. The number of rotatable bonds is 12. The standard InChI is InChI=1S/C15H34NO2.BrH/c1-4-5-6-7-8-9-10-11-12-13-14-15(2)16(3,17)18;/h15,17-18H,4-14H2,1-3H3;1H/q+1;/p-1. The number of halogens is 1. The molecule has 0 heterocycles. The van der Waals surface area contributed by atoms with E-state index in [1.54, 1.807) is 0 Å². The van der Waals surface area contributed by atoms with Gasteiger partial charge in [-0.2, -0.15) is 10.4 Å². The van der Waals surface area contributed by atoms with Gasteiger partial charge in [-0.25, -0.2) is 0 Å². The molecule has 0 aliphatic heterocycles. The first-order valence-electron chi connectivity index (χ1n) is 7.80. The molecule has 0 fully saturated rings. The van der Waals surface area contributed by atoms with Crippen molar-refractivity contribution in [1.82, 2.24) is 0 Å². The molecule has 118 valence electrons. The minimum Gasteiger partial charge on any atom is -1.00 e. The van der Waals surface area contributed by atoms with E-state index in [2.05, 4.69) is 6.92 Å². The van der Waals surface area contributed by atoms with E-state index < -0.39 is 4.81 Å². The normalized spacial score (nSPS) is 13.1. The van der Waals surface area contributed by atoms with Gasteiger partial charge in [0.25, 0.3) is 0 Å². The zero-order valence-electron chi connectivity index (χ0n) is 13.1. The fourth-order valence-electron chi connectivity index (χ4n) is 2.17. The van der Waals surface area contributed by atoms with Gasteiger partial charge < -0.3 is 17.0 Å². The Labute approximate surface area is 130 Å². The summed E-state index contributed by atoms with van der Waals surface area (Å²) in [6, 6.07) is -0.0842. The molecule has 3 nitrogen and oxygen atoms in total. The molecule has 0 bridgehead atoms. The monoisotopic (exact) mass is 339 g/mol. The SMILES string of the molecule is CCCCCCCCCCCCC(C)[N+](C)(O)O.[Br-]. The first-order chi connectivity index (χ1) is 8.48. The van der Waals surface area contributed by atoms with Gasteiger partial charge in [-0.15, -0.1) is 0 Å². The van der Waals surface area contributed by atoms with Gasteiger partial charge in [-0.3, -0.25) is 0 Å². The van der Waals surface area contributed by atoms with Gasteiger partial charge in [0, 0.05) is 6.42 Å². The Bertz CT molecular complexity index is 183. The molecule has 0 amide bonds. The van der Waals surface area contributed by atoms with Crippen LogP contribution in [0.15, 0.2) is 0 Å². The second-order valence-electron chi connectivity index (χ2n) is 5.80. The Morgan fingerprint density at radius 1 is 0.789 bits per heavy atom. The molecule has 4 heteroatoms. The summed E-state index contributed by atoms with van der Waals surface area (Å²) in [5.74, 6) is 0. The Kier molecular flexibility index (Phi) is 15.2. The highest BCUT2D eigenvalue weighted by atomic mass is 79.9. The number of unbranched alkanes of at least 4 members (excludes halogenated alkanes) is 9. The molecule has 0 aromatic rings. The van der Waals surface area contributed by atoms with Crippen LogP contribution in [-0.4, -0.2) is 28.3 Å². The van der Waals surface area contributed by atoms with E-state index in [0.29, 0.717) is 0 Å². The maximum absolute atomic E-state index is 9.32. The average Bonchev–Trinajstić information content (AvgIpc) is 2.30. The fourth-order valence-corrected chi connectivity index (χ4v) is 2.17. The Hall–Kier alpha value is 0.360. The molecule has 0 saturated heterocycles. The average molecular weight is 340 g/mol. The lowest BCUT2D eigenvalue weighted by Gasteiger charge is -2.23. The summed E-state index contributed by atoms with van der Waals surface area (Å²) in [4.78, 5) is -0.891. The van der Waals surface area contributed by atoms with E-state index in [-0.39, 0.29) is 23.0 Å². The molecule has 19 heavy (non-hydrogen) atoms. The lowest BCUT2D eigenvalue weighted by molar-refractivity contribution is -1.25. The van der Waals surface area contributed by atoms with Crippen LogP contribution >= 0.6 is 0 Å². The van der Waals surface area contributed by atoms with Crippen LogP contribution in [0.25, 0.3) is 0 Å². The minimum absolute atomic E-state index is 0. The van der Waals surface area contributed by atoms with Crippen molar-refractivity contribution in [2.24, 2.45) is 0 Å². The van der Waals surface area contributed by atoms with Crippen LogP contribution in [-0.2, 0) is 0 Å². The molecule has 0 saturated carbocycles. The van der Waals surface area contributed by atoms with Crippen molar-refractivity contribution in [1.29, 1.82) is 0 Å². The molecule has 0 aromatic carbocycles. The molecule has 1 unspecified atom stereocenters. The number of quaternary nitrogens is 1. The van der Waals surface area contributed by atoms with Crippen molar-refractivity contribution in [2.75, 3.05) is 7.05 Å². The summed E-state index contributed by atoms with van der Waals surface area (Å²) in [5.41, 5.74) is 0. The molecule has 0 aliphatic carbocycles. The second-order valence-corrected chi connectivity index (χ2v) is 5.80. The number of hydrogen-bond acceptors (Lipinski definition) is 2. The van der Waals surface area contributed by atoms with Gasteiger partial charge in [0.05, 0.1) is 0 Å². The van der Waals surface area contributed by atoms with Crippen LogP contribution in [0.4, 0.5) is 0 Å². The zero-order chi connectivity index (χ0) is 13.9. The highest BCUT2D eigenvalue weighted by Crippen LogP contribution is 2.14. The van der Waals surface area contributed by atoms with Crippen molar-refractivity contribution < 1.29 is 32.2 Å². The van der Waals surface area contributed by atoms with Crippen LogP contribution in [0.2, 0.25) is 0 Å². The Balaban J connectivity index is 0. The van der Waals surface area contributed by atoms with Gasteiger partial charge in [0.15, 0.2) is 0 Å². The first-order valence-corrected chi connectivity index (χ1v) is 7.80. The van der Waals surface area contributed by atoms with E-state index in [0.717, 1.165) is 12.8 Å². The molecule has 0 spiro atoms. The molecular formula is C15H34BrNO2. The van der Waals surface area contributed by atoms with Crippen molar-refractivity contribution in [3.8, 4) is 0 Å². The lowest BCUT2D eigenvalue weighted by atomic mass is 10.0. The quantitative estimate of drug-likeness (QED) is 0.324. The molecule has 0 radical (unpaired) electrons. The third kappa shape index (κ3) is 14.6. The van der Waals surface area contributed by atoms with Gasteiger partial charge in [0.1, 0.15) is 13.1 Å². The van der Waals surface area contributed by atoms with Crippen LogP contribution in [0, 0.1) is 0 Å². The summed E-state index contributed by atoms with van der Waals surface area (Å²) in [7, 11) is 1.42. The van der Waals surface area contributed by atoms with Crippen LogP contribution < -0.4 is 17.0 Å². The highest BCUT2D eigenvalue weighted by Gasteiger charge is 2.24. The highest BCUT2D eigenvalue weighted by molar-refractivity contribution is 4.51. The van der Waals surface area contributed by atoms with Crippen LogP contribution in [0.3, 0.4) is 0 Å². The van der Waals surface area contributed by atoms with E-state index >= 15 is 0 Å². The lowest BCUT2D eigenvalue weighted by Crippen LogP contribution is -3.00. The smallest absolute Gasteiger partial charge is 0.149 e. The summed E-state index contributed by atoms with van der Waals surface area (Å²) >= 11 is 0. The minimum atomic E-state index is -0.891. The van der Waals surface area contributed by atoms with E-state index in [4.69, 9.17) is 0 Å². The maximum atomic E-state index is 9.32. The molecule has 0 rings (SSSR count). The largest absolute Gasteiger partial charge is 1.00 e.